The SMILES string of the molecule is CC[C@@H](C(=O)NC1CCCC1)N(Cc1ccccc1)C(=O)CN(c1cccc(Cl)c1)S(=O)(=O)c1ccc(C)cc1. The summed E-state index contributed by atoms with van der Waals surface area (Å²) in [4.78, 5) is 29.1. The smallest absolute Gasteiger partial charge is 0.264 e. The normalized spacial score (nSPS) is 14.5. The molecule has 4 rings (SSSR count). The Hall–Kier alpha value is -3.36. The molecule has 1 aliphatic rings. The molecule has 0 saturated heterocycles. The van der Waals surface area contributed by atoms with Gasteiger partial charge in [0.05, 0.1) is 10.6 Å². The summed E-state index contributed by atoms with van der Waals surface area (Å²) in [7, 11) is -4.13. The van der Waals surface area contributed by atoms with Crippen molar-refractivity contribution in [3.63, 3.8) is 0 Å². The molecule has 0 unspecified atom stereocenters. The second kappa shape index (κ2) is 13.3. The number of carbonyl (C=O) groups is 2. The number of hydrogen-bond acceptors (Lipinski definition) is 4. The minimum atomic E-state index is -4.13. The third-order valence-corrected chi connectivity index (χ3v) is 9.29. The highest BCUT2D eigenvalue weighted by Crippen LogP contribution is 2.27. The minimum Gasteiger partial charge on any atom is -0.352 e. The van der Waals surface area contributed by atoms with E-state index in [4.69, 9.17) is 11.6 Å². The van der Waals surface area contributed by atoms with Gasteiger partial charge in [0.1, 0.15) is 12.6 Å². The van der Waals surface area contributed by atoms with Crippen molar-refractivity contribution in [3.05, 3.63) is 95.0 Å². The van der Waals surface area contributed by atoms with Gasteiger partial charge in [-0.25, -0.2) is 8.42 Å². The first-order valence-corrected chi connectivity index (χ1v) is 15.5. The van der Waals surface area contributed by atoms with E-state index < -0.39 is 28.5 Å². The highest BCUT2D eigenvalue weighted by molar-refractivity contribution is 7.92. The molecule has 212 valence electrons. The fourth-order valence-electron chi connectivity index (χ4n) is 5.06. The van der Waals surface area contributed by atoms with Gasteiger partial charge in [0.2, 0.25) is 11.8 Å². The van der Waals surface area contributed by atoms with Gasteiger partial charge in [-0.2, -0.15) is 0 Å². The third-order valence-electron chi connectivity index (χ3n) is 7.27. The Morgan fingerprint density at radius 3 is 2.27 bits per heavy atom. The molecule has 0 bridgehead atoms. The molecule has 0 spiro atoms. The lowest BCUT2D eigenvalue weighted by Gasteiger charge is -2.33. The summed E-state index contributed by atoms with van der Waals surface area (Å²) in [6.07, 6.45) is 4.37. The summed E-state index contributed by atoms with van der Waals surface area (Å²) < 4.78 is 28.9. The van der Waals surface area contributed by atoms with Crippen LogP contribution in [0.5, 0.6) is 0 Å². The minimum absolute atomic E-state index is 0.0616. The summed E-state index contributed by atoms with van der Waals surface area (Å²) in [6.45, 7) is 3.42. The summed E-state index contributed by atoms with van der Waals surface area (Å²) in [6, 6.07) is 21.6. The Morgan fingerprint density at radius 1 is 0.975 bits per heavy atom. The van der Waals surface area contributed by atoms with E-state index >= 15 is 0 Å². The molecule has 0 heterocycles. The molecule has 40 heavy (non-hydrogen) atoms. The van der Waals surface area contributed by atoms with Gasteiger partial charge in [-0.3, -0.25) is 13.9 Å². The molecule has 3 aromatic carbocycles. The number of amides is 2. The molecule has 0 aromatic heterocycles. The molecule has 1 saturated carbocycles. The van der Waals surface area contributed by atoms with Crippen molar-refractivity contribution < 1.29 is 18.0 Å². The monoisotopic (exact) mass is 581 g/mol. The first-order valence-electron chi connectivity index (χ1n) is 13.7. The van der Waals surface area contributed by atoms with Gasteiger partial charge in [0.15, 0.2) is 0 Å². The topological polar surface area (TPSA) is 86.8 Å². The van der Waals surface area contributed by atoms with E-state index in [1.807, 2.05) is 44.2 Å². The van der Waals surface area contributed by atoms with Gasteiger partial charge >= 0.3 is 0 Å². The molecule has 7 nitrogen and oxygen atoms in total. The number of carbonyl (C=O) groups excluding carboxylic acids is 2. The quantitative estimate of drug-likeness (QED) is 0.314. The number of benzene rings is 3. The average Bonchev–Trinajstić information content (AvgIpc) is 3.45. The van der Waals surface area contributed by atoms with Gasteiger partial charge in [0.25, 0.3) is 10.0 Å². The second-order valence-corrected chi connectivity index (χ2v) is 12.5. The first-order chi connectivity index (χ1) is 19.2. The highest BCUT2D eigenvalue weighted by Gasteiger charge is 2.34. The Bertz CT molecular complexity index is 1410. The van der Waals surface area contributed by atoms with E-state index in [2.05, 4.69) is 5.32 Å². The third kappa shape index (κ3) is 7.23. The summed E-state index contributed by atoms with van der Waals surface area (Å²) in [5.74, 6) is -0.692. The fraction of sp³-hybridized carbons (Fsp3) is 0.355. The molecule has 1 aliphatic carbocycles. The van der Waals surface area contributed by atoms with Gasteiger partial charge < -0.3 is 10.2 Å². The van der Waals surface area contributed by atoms with Crippen molar-refractivity contribution in [2.75, 3.05) is 10.8 Å². The number of rotatable bonds is 11. The number of aryl methyl sites for hydroxylation is 1. The van der Waals surface area contributed by atoms with Gasteiger partial charge in [0, 0.05) is 17.6 Å². The Balaban J connectivity index is 1.70. The van der Waals surface area contributed by atoms with E-state index in [-0.39, 0.29) is 29.1 Å². The fourth-order valence-corrected chi connectivity index (χ4v) is 6.66. The van der Waals surface area contributed by atoms with Crippen molar-refractivity contribution in [1.29, 1.82) is 0 Å². The molecule has 0 radical (unpaired) electrons. The molecule has 1 fully saturated rings. The second-order valence-electron chi connectivity index (χ2n) is 10.2. The van der Waals surface area contributed by atoms with E-state index in [0.29, 0.717) is 11.4 Å². The van der Waals surface area contributed by atoms with Crippen LogP contribution in [0.2, 0.25) is 5.02 Å². The van der Waals surface area contributed by atoms with Crippen molar-refractivity contribution in [2.24, 2.45) is 0 Å². The highest BCUT2D eigenvalue weighted by atomic mass is 35.5. The molecule has 3 aromatic rings. The van der Waals surface area contributed by atoms with Gasteiger partial charge in [-0.1, -0.05) is 85.5 Å². The Labute approximate surface area is 242 Å². The van der Waals surface area contributed by atoms with Crippen LogP contribution < -0.4 is 9.62 Å². The molecule has 9 heteroatoms. The van der Waals surface area contributed by atoms with E-state index in [9.17, 15) is 18.0 Å². The number of halogens is 1. The largest absolute Gasteiger partial charge is 0.352 e. The standard InChI is InChI=1S/C31H36ClN3O4S/c1-3-29(31(37)33-26-13-7-8-14-26)34(21-24-10-5-4-6-11-24)30(36)22-35(27-15-9-12-25(32)20-27)40(38,39)28-18-16-23(2)17-19-28/h4-6,9-12,15-20,26,29H,3,7-8,13-14,21-22H2,1-2H3,(H,33,37)/t29-/m0/s1. The number of sulfonamides is 1. The average molecular weight is 582 g/mol. The van der Waals surface area contributed by atoms with Crippen LogP contribution in [0.15, 0.2) is 83.8 Å². The number of nitrogens with zero attached hydrogens (tertiary/aromatic N) is 2. The van der Waals surface area contributed by atoms with E-state index in [0.717, 1.165) is 41.1 Å². The maximum absolute atomic E-state index is 14.1. The molecular formula is C31H36ClN3O4S. The number of nitrogens with one attached hydrogen (secondary N) is 1. The summed E-state index contributed by atoms with van der Waals surface area (Å²) in [5.41, 5.74) is 2.03. The van der Waals surface area contributed by atoms with Crippen LogP contribution in [0.25, 0.3) is 0 Å². The molecule has 1 atom stereocenters. The molecular weight excluding hydrogens is 546 g/mol. The zero-order chi connectivity index (χ0) is 28.7. The van der Waals surface area contributed by atoms with Crippen LogP contribution in [0.1, 0.15) is 50.2 Å². The maximum Gasteiger partial charge on any atom is 0.264 e. The van der Waals surface area contributed by atoms with Crippen LogP contribution in [-0.4, -0.2) is 43.8 Å². The van der Waals surface area contributed by atoms with Gasteiger partial charge in [-0.05, 0) is 62.1 Å². The van der Waals surface area contributed by atoms with Crippen molar-refractivity contribution in [1.82, 2.24) is 10.2 Å². The van der Waals surface area contributed by atoms with Crippen LogP contribution in [0, 0.1) is 6.92 Å². The Morgan fingerprint density at radius 2 is 1.65 bits per heavy atom. The van der Waals surface area contributed by atoms with Crippen molar-refractivity contribution in [2.45, 2.75) is 69.5 Å². The zero-order valence-electron chi connectivity index (χ0n) is 22.9. The van der Waals surface area contributed by atoms with Crippen LogP contribution in [0.3, 0.4) is 0 Å². The first kappa shape index (κ1) is 29.6. The number of anilines is 1. The van der Waals surface area contributed by atoms with E-state index in [1.54, 1.807) is 30.3 Å². The van der Waals surface area contributed by atoms with E-state index in [1.165, 1.54) is 23.1 Å². The van der Waals surface area contributed by atoms with Crippen molar-refractivity contribution in [3.8, 4) is 0 Å². The van der Waals surface area contributed by atoms with Crippen LogP contribution in [0.4, 0.5) is 5.69 Å². The molecule has 0 aliphatic heterocycles. The Kier molecular flexibility index (Phi) is 9.87. The summed E-state index contributed by atoms with van der Waals surface area (Å²) >= 11 is 6.24. The van der Waals surface area contributed by atoms with Crippen LogP contribution >= 0.6 is 11.6 Å². The molecule has 2 amide bonds. The lowest BCUT2D eigenvalue weighted by Crippen LogP contribution is -2.53. The predicted molar refractivity (Wildman–Crippen MR) is 159 cm³/mol. The van der Waals surface area contributed by atoms with Crippen LogP contribution in [-0.2, 0) is 26.2 Å². The lowest BCUT2D eigenvalue weighted by atomic mass is 10.1. The number of hydrogen-bond donors (Lipinski definition) is 1. The predicted octanol–water partition coefficient (Wildman–Crippen LogP) is 5.71. The molecule has 1 N–H and O–H groups in total. The van der Waals surface area contributed by atoms with Gasteiger partial charge in [-0.15, -0.1) is 0 Å². The zero-order valence-corrected chi connectivity index (χ0v) is 24.5. The summed E-state index contributed by atoms with van der Waals surface area (Å²) in [5, 5.41) is 3.47. The lowest BCUT2D eigenvalue weighted by molar-refractivity contribution is -0.140. The maximum atomic E-state index is 14.1. The van der Waals surface area contributed by atoms with Crippen molar-refractivity contribution >= 4 is 39.1 Å².